The van der Waals surface area contributed by atoms with Crippen LogP contribution in [-0.4, -0.2) is 78.3 Å². The van der Waals surface area contributed by atoms with Crippen molar-refractivity contribution in [3.63, 3.8) is 0 Å². The molecule has 3 amide bonds. The van der Waals surface area contributed by atoms with Crippen LogP contribution in [0.25, 0.3) is 0 Å². The van der Waals surface area contributed by atoms with Gasteiger partial charge >= 0.3 is 0 Å². The largest absolute Gasteiger partial charge is 0.394 e. The van der Waals surface area contributed by atoms with Crippen LogP contribution in [0.5, 0.6) is 0 Å². The van der Waals surface area contributed by atoms with Gasteiger partial charge in [0.25, 0.3) is 0 Å². The van der Waals surface area contributed by atoms with Crippen molar-refractivity contribution in [2.75, 3.05) is 37.0 Å². The molecule has 1 spiro atoms. The number of fused-ring (bicyclic) bond motifs is 1. The highest BCUT2D eigenvalue weighted by Gasteiger charge is 2.75. The van der Waals surface area contributed by atoms with Crippen LogP contribution in [-0.2, 0) is 19.1 Å². The van der Waals surface area contributed by atoms with Gasteiger partial charge in [-0.3, -0.25) is 14.4 Å². The number of ether oxygens (including phenoxy) is 1. The van der Waals surface area contributed by atoms with Gasteiger partial charge in [-0.05, 0) is 56.9 Å². The van der Waals surface area contributed by atoms with Gasteiger partial charge in [0.1, 0.15) is 11.6 Å². The Morgan fingerprint density at radius 2 is 1.86 bits per heavy atom. The maximum absolute atomic E-state index is 13.9. The zero-order chi connectivity index (χ0) is 26.2. The van der Waals surface area contributed by atoms with Crippen molar-refractivity contribution in [3.05, 3.63) is 24.3 Å². The van der Waals surface area contributed by atoms with E-state index in [4.69, 9.17) is 4.74 Å². The minimum atomic E-state index is -1.08. The molecule has 9 nitrogen and oxygen atoms in total. The third-order valence-electron chi connectivity index (χ3n) is 8.64. The van der Waals surface area contributed by atoms with Crippen molar-refractivity contribution in [2.24, 2.45) is 17.8 Å². The van der Waals surface area contributed by atoms with E-state index in [0.717, 1.165) is 25.2 Å². The van der Waals surface area contributed by atoms with Crippen molar-refractivity contribution in [1.29, 1.82) is 0 Å². The minimum absolute atomic E-state index is 0.0338. The van der Waals surface area contributed by atoms with Gasteiger partial charge in [-0.1, -0.05) is 20.3 Å². The molecule has 3 saturated heterocycles. The molecule has 3 N–H and O–H groups in total. The molecule has 3 heterocycles. The summed E-state index contributed by atoms with van der Waals surface area (Å²) in [5.41, 5.74) is 0.616. The lowest BCUT2D eigenvalue weighted by atomic mass is 9.70. The Morgan fingerprint density at radius 1 is 1.19 bits per heavy atom. The number of aliphatic hydroxyl groups is 1. The first-order chi connectivity index (χ1) is 17.3. The number of carbonyl (C=O) groups excluding carboxylic acids is 3. The van der Waals surface area contributed by atoms with Gasteiger partial charge in [-0.2, -0.15) is 0 Å². The number of nitrogens with zero attached hydrogens (tertiary/aromatic N) is 2. The Morgan fingerprint density at radius 3 is 2.42 bits per heavy atom. The highest BCUT2D eigenvalue weighted by atomic mass is 16.5. The van der Waals surface area contributed by atoms with Gasteiger partial charge in [0.15, 0.2) is 0 Å². The maximum atomic E-state index is 13.9. The van der Waals surface area contributed by atoms with Crippen molar-refractivity contribution in [2.45, 2.75) is 70.7 Å². The summed E-state index contributed by atoms with van der Waals surface area (Å²) in [4.78, 5) is 44.4. The zero-order valence-electron chi connectivity index (χ0n) is 22.0. The molecule has 3 aliphatic rings. The number of carbonyl (C=O) groups is 3. The van der Waals surface area contributed by atoms with Crippen molar-refractivity contribution < 1.29 is 24.2 Å². The van der Waals surface area contributed by atoms with Crippen LogP contribution in [0.15, 0.2) is 24.3 Å². The number of nitrogens with one attached hydrogen (secondary N) is 2. The average Bonchev–Trinajstić information content (AvgIpc) is 3.53. The number of benzene rings is 1. The predicted octanol–water partition coefficient (Wildman–Crippen LogP) is 2.00. The number of anilines is 2. The van der Waals surface area contributed by atoms with E-state index < -0.39 is 29.5 Å². The summed E-state index contributed by atoms with van der Waals surface area (Å²) >= 11 is 0. The molecule has 9 heteroatoms. The number of rotatable bonds is 10. The quantitative estimate of drug-likeness (QED) is 0.453. The second kappa shape index (κ2) is 10.4. The molecule has 1 aromatic carbocycles. The Bertz CT molecular complexity index is 981. The monoisotopic (exact) mass is 500 g/mol. The molecule has 4 rings (SSSR count). The Balaban J connectivity index is 1.69. The van der Waals surface area contributed by atoms with Gasteiger partial charge in [-0.25, -0.2) is 0 Å². The topological polar surface area (TPSA) is 111 Å². The number of hydrogen-bond donors (Lipinski definition) is 3. The summed E-state index contributed by atoms with van der Waals surface area (Å²) in [6.07, 6.45) is 1.48. The summed E-state index contributed by atoms with van der Waals surface area (Å²) in [7, 11) is 1.56. The zero-order valence-corrected chi connectivity index (χ0v) is 22.0. The third kappa shape index (κ3) is 4.06. The van der Waals surface area contributed by atoms with Crippen LogP contribution in [0.3, 0.4) is 0 Å². The van der Waals surface area contributed by atoms with Crippen LogP contribution in [0, 0.1) is 17.8 Å². The second-order valence-electron chi connectivity index (χ2n) is 10.3. The molecule has 0 radical (unpaired) electrons. The molecule has 3 fully saturated rings. The summed E-state index contributed by atoms with van der Waals surface area (Å²) in [5.74, 6) is -2.27. The summed E-state index contributed by atoms with van der Waals surface area (Å²) in [6.45, 7) is 9.66. The van der Waals surface area contributed by atoms with Crippen molar-refractivity contribution in [3.8, 4) is 0 Å². The van der Waals surface area contributed by atoms with Gasteiger partial charge < -0.3 is 30.3 Å². The van der Waals surface area contributed by atoms with Crippen LogP contribution >= 0.6 is 0 Å². The van der Waals surface area contributed by atoms with E-state index in [1.54, 1.807) is 7.05 Å². The smallest absolute Gasteiger partial charge is 0.250 e. The van der Waals surface area contributed by atoms with E-state index in [2.05, 4.69) is 29.4 Å². The van der Waals surface area contributed by atoms with Gasteiger partial charge in [0.05, 0.1) is 30.6 Å². The van der Waals surface area contributed by atoms with E-state index in [1.807, 2.05) is 38.1 Å². The Hall–Kier alpha value is -2.65. The lowest BCUT2D eigenvalue weighted by Crippen LogP contribution is -2.57. The lowest BCUT2D eigenvalue weighted by molar-refractivity contribution is -0.145. The number of hydrogen-bond acceptors (Lipinski definition) is 6. The molecular formula is C27H40N4O5. The van der Waals surface area contributed by atoms with Crippen LogP contribution in [0.4, 0.5) is 11.4 Å². The molecular weight excluding hydrogens is 460 g/mol. The molecule has 198 valence electrons. The van der Waals surface area contributed by atoms with E-state index in [1.165, 1.54) is 4.90 Å². The van der Waals surface area contributed by atoms with Gasteiger partial charge in [0.2, 0.25) is 17.7 Å². The number of amides is 3. The van der Waals surface area contributed by atoms with E-state index in [9.17, 15) is 19.5 Å². The first-order valence-corrected chi connectivity index (χ1v) is 13.3. The fourth-order valence-corrected chi connectivity index (χ4v) is 6.58. The molecule has 0 saturated carbocycles. The Kier molecular flexibility index (Phi) is 7.61. The van der Waals surface area contributed by atoms with Gasteiger partial charge in [-0.15, -0.1) is 0 Å². The molecule has 3 aliphatic heterocycles. The number of likely N-dealkylation sites (tertiary alicyclic amines) is 1. The molecule has 0 aromatic heterocycles. The Labute approximate surface area is 213 Å². The van der Waals surface area contributed by atoms with E-state index in [0.29, 0.717) is 18.5 Å². The SMILES string of the molecule is CC[C@H](C)[C@H](CO)N1C(=O)[C@@H]2[C@@H](C(=O)NC)[C@H]3CCC2(O3)C1C(=O)Nc1ccc(N(CC)CC)cc1. The van der Waals surface area contributed by atoms with E-state index in [-0.39, 0.29) is 36.4 Å². The molecule has 7 atom stereocenters. The van der Waals surface area contributed by atoms with Crippen LogP contribution < -0.4 is 15.5 Å². The molecule has 36 heavy (non-hydrogen) atoms. The number of aliphatic hydroxyl groups excluding tert-OH is 1. The second-order valence-corrected chi connectivity index (χ2v) is 10.3. The highest BCUT2D eigenvalue weighted by molar-refractivity contribution is 6.03. The first-order valence-electron chi connectivity index (χ1n) is 13.3. The fraction of sp³-hybridized carbons (Fsp3) is 0.667. The van der Waals surface area contributed by atoms with Crippen molar-refractivity contribution in [1.82, 2.24) is 10.2 Å². The standard InChI is InChI=1S/C27H40N4O5/c1-6-16(4)19(15-32)31-23(25(34)29-17-9-11-18(12-10-17)30(7-2)8-3)27-14-13-20(36-27)21(24(33)28-5)22(27)26(31)35/h9-12,16,19-23,32H,6-8,13-15H2,1-5H3,(H,28,33)(H,29,34)/t16-,19-,20+,21-,22-,23?,27?/m0/s1. The minimum Gasteiger partial charge on any atom is -0.394 e. The normalized spacial score (nSPS) is 30.2. The molecule has 2 unspecified atom stereocenters. The average molecular weight is 501 g/mol. The molecule has 2 bridgehead atoms. The highest BCUT2D eigenvalue weighted by Crippen LogP contribution is 2.59. The van der Waals surface area contributed by atoms with E-state index >= 15 is 0 Å². The predicted molar refractivity (Wildman–Crippen MR) is 137 cm³/mol. The summed E-state index contributed by atoms with van der Waals surface area (Å²) in [6, 6.07) is 6.19. The lowest BCUT2D eigenvalue weighted by Gasteiger charge is -2.38. The van der Waals surface area contributed by atoms with Gasteiger partial charge in [0, 0.05) is 31.5 Å². The summed E-state index contributed by atoms with van der Waals surface area (Å²) in [5, 5.41) is 16.0. The molecule has 0 aliphatic carbocycles. The third-order valence-corrected chi connectivity index (χ3v) is 8.64. The van der Waals surface area contributed by atoms with Crippen LogP contribution in [0.1, 0.15) is 47.0 Å². The molecule has 1 aromatic rings. The first kappa shape index (κ1) is 26.4. The van der Waals surface area contributed by atoms with Crippen molar-refractivity contribution >= 4 is 29.1 Å². The van der Waals surface area contributed by atoms with Crippen LogP contribution in [0.2, 0.25) is 0 Å². The fourth-order valence-electron chi connectivity index (χ4n) is 6.58. The maximum Gasteiger partial charge on any atom is 0.250 e. The summed E-state index contributed by atoms with van der Waals surface area (Å²) < 4.78 is 6.41.